The lowest BCUT2D eigenvalue weighted by atomic mass is 10.2. The predicted octanol–water partition coefficient (Wildman–Crippen LogP) is 4.76. The standard InChI is InChI=1S/C13H10BrF2NOS2/c14-9-5-11(19-7-9)6-17-12(18)8-1-3-10(4-2-8)20-13(15)16/h1-5,7,13H,6H2,(H,17,18). The van der Waals surface area contributed by atoms with Crippen molar-refractivity contribution in [3.8, 4) is 0 Å². The van der Waals surface area contributed by atoms with Gasteiger partial charge in [-0.25, -0.2) is 0 Å². The Balaban J connectivity index is 1.92. The maximum absolute atomic E-state index is 12.2. The summed E-state index contributed by atoms with van der Waals surface area (Å²) in [4.78, 5) is 13.4. The number of benzene rings is 1. The van der Waals surface area contributed by atoms with Crippen LogP contribution in [0.15, 0.2) is 45.1 Å². The Morgan fingerprint density at radius 2 is 2.05 bits per heavy atom. The van der Waals surface area contributed by atoms with Gasteiger partial charge in [-0.1, -0.05) is 11.8 Å². The van der Waals surface area contributed by atoms with Gasteiger partial charge in [-0.3, -0.25) is 4.79 Å². The maximum Gasteiger partial charge on any atom is 0.288 e. The van der Waals surface area contributed by atoms with Crippen molar-refractivity contribution in [2.45, 2.75) is 17.2 Å². The van der Waals surface area contributed by atoms with Gasteiger partial charge in [0.05, 0.1) is 6.54 Å². The van der Waals surface area contributed by atoms with Crippen molar-refractivity contribution >= 4 is 44.9 Å². The van der Waals surface area contributed by atoms with Gasteiger partial charge < -0.3 is 5.32 Å². The molecule has 0 aliphatic rings. The molecule has 0 saturated carbocycles. The van der Waals surface area contributed by atoms with Crippen LogP contribution in [0.1, 0.15) is 15.2 Å². The van der Waals surface area contributed by atoms with Crippen molar-refractivity contribution in [3.63, 3.8) is 0 Å². The number of nitrogens with one attached hydrogen (secondary N) is 1. The zero-order chi connectivity index (χ0) is 14.5. The number of carbonyl (C=O) groups excluding carboxylic acids is 1. The van der Waals surface area contributed by atoms with Crippen molar-refractivity contribution < 1.29 is 13.6 Å². The summed E-state index contributed by atoms with van der Waals surface area (Å²) in [6, 6.07) is 8.07. The SMILES string of the molecule is O=C(NCc1cc(Br)cs1)c1ccc(SC(F)F)cc1. The molecule has 2 nitrogen and oxygen atoms in total. The first-order valence-electron chi connectivity index (χ1n) is 5.60. The molecule has 0 bridgehead atoms. The van der Waals surface area contributed by atoms with Gasteiger partial charge in [-0.2, -0.15) is 8.78 Å². The number of amides is 1. The molecular weight excluding hydrogens is 368 g/mol. The summed E-state index contributed by atoms with van der Waals surface area (Å²) < 4.78 is 25.3. The minimum absolute atomic E-state index is 0.219. The second-order valence-corrected chi connectivity index (χ2v) is 6.79. The van der Waals surface area contributed by atoms with E-state index in [4.69, 9.17) is 0 Å². The second-order valence-electron chi connectivity index (χ2n) is 3.82. The highest BCUT2D eigenvalue weighted by Gasteiger charge is 2.08. The van der Waals surface area contributed by atoms with E-state index < -0.39 is 5.76 Å². The largest absolute Gasteiger partial charge is 0.347 e. The lowest BCUT2D eigenvalue weighted by Gasteiger charge is -2.05. The average Bonchev–Trinajstić information content (AvgIpc) is 2.82. The fourth-order valence-corrected chi connectivity index (χ4v) is 3.39. The lowest BCUT2D eigenvalue weighted by molar-refractivity contribution is 0.0951. The van der Waals surface area contributed by atoms with Gasteiger partial charge in [0.25, 0.3) is 11.7 Å². The van der Waals surface area contributed by atoms with Crippen LogP contribution in [0.5, 0.6) is 0 Å². The summed E-state index contributed by atoms with van der Waals surface area (Å²) in [7, 11) is 0. The molecule has 0 aliphatic carbocycles. The number of halogens is 3. The Morgan fingerprint density at radius 1 is 1.35 bits per heavy atom. The second kappa shape index (κ2) is 7.19. The summed E-state index contributed by atoms with van der Waals surface area (Å²) in [6.45, 7) is 0.447. The van der Waals surface area contributed by atoms with E-state index in [0.29, 0.717) is 28.8 Å². The van der Waals surface area contributed by atoms with Crippen molar-refractivity contribution in [2.24, 2.45) is 0 Å². The highest BCUT2D eigenvalue weighted by Crippen LogP contribution is 2.25. The normalized spacial score (nSPS) is 10.8. The van der Waals surface area contributed by atoms with Gasteiger partial charge in [0, 0.05) is 25.2 Å². The molecule has 1 aromatic carbocycles. The molecule has 0 atom stereocenters. The Labute approximate surface area is 131 Å². The van der Waals surface area contributed by atoms with Gasteiger partial charge >= 0.3 is 0 Å². The van der Waals surface area contributed by atoms with Crippen molar-refractivity contribution in [3.05, 3.63) is 50.6 Å². The van der Waals surface area contributed by atoms with Crippen LogP contribution in [0, 0.1) is 0 Å². The number of alkyl halides is 2. The molecule has 0 unspecified atom stereocenters. The minimum Gasteiger partial charge on any atom is -0.347 e. The van der Waals surface area contributed by atoms with Gasteiger partial charge in [0.1, 0.15) is 0 Å². The molecule has 0 fully saturated rings. The van der Waals surface area contributed by atoms with E-state index in [1.807, 2.05) is 11.4 Å². The fourth-order valence-electron chi connectivity index (χ4n) is 1.50. The quantitative estimate of drug-likeness (QED) is 0.761. The molecule has 1 N–H and O–H groups in total. The average molecular weight is 378 g/mol. The third kappa shape index (κ3) is 4.57. The van der Waals surface area contributed by atoms with Crippen LogP contribution < -0.4 is 5.32 Å². The van der Waals surface area contributed by atoms with E-state index in [2.05, 4.69) is 21.2 Å². The minimum atomic E-state index is -2.45. The van der Waals surface area contributed by atoms with Crippen molar-refractivity contribution in [2.75, 3.05) is 0 Å². The van der Waals surface area contributed by atoms with Crippen LogP contribution in [0.4, 0.5) is 8.78 Å². The summed E-state index contributed by atoms with van der Waals surface area (Å²) >= 11 is 5.36. The Hall–Kier alpha value is -0.920. The molecule has 20 heavy (non-hydrogen) atoms. The molecule has 0 aliphatic heterocycles. The lowest BCUT2D eigenvalue weighted by Crippen LogP contribution is -2.22. The Morgan fingerprint density at radius 3 is 2.60 bits per heavy atom. The monoisotopic (exact) mass is 377 g/mol. The molecule has 0 radical (unpaired) electrons. The molecule has 1 aromatic heterocycles. The molecule has 2 rings (SSSR count). The first-order valence-corrected chi connectivity index (χ1v) is 8.16. The Kier molecular flexibility index (Phi) is 5.56. The molecule has 1 amide bonds. The van der Waals surface area contributed by atoms with Crippen LogP contribution in [0.2, 0.25) is 0 Å². The Bertz CT molecular complexity index is 586. The van der Waals surface area contributed by atoms with E-state index >= 15 is 0 Å². The van der Waals surface area contributed by atoms with E-state index in [1.165, 1.54) is 12.1 Å². The number of hydrogen-bond donors (Lipinski definition) is 1. The van der Waals surface area contributed by atoms with Gasteiger partial charge in [0.15, 0.2) is 0 Å². The number of carbonyl (C=O) groups is 1. The summed E-state index contributed by atoms with van der Waals surface area (Å²) in [5, 5.41) is 4.73. The van der Waals surface area contributed by atoms with Crippen LogP contribution in [-0.2, 0) is 6.54 Å². The predicted molar refractivity (Wildman–Crippen MR) is 81.5 cm³/mol. The first kappa shape index (κ1) is 15.5. The first-order chi connectivity index (χ1) is 9.54. The summed E-state index contributed by atoms with van der Waals surface area (Å²) in [5.41, 5.74) is 0.458. The molecule has 0 spiro atoms. The van der Waals surface area contributed by atoms with Crippen LogP contribution in [-0.4, -0.2) is 11.7 Å². The third-order valence-electron chi connectivity index (χ3n) is 2.39. The van der Waals surface area contributed by atoms with Crippen molar-refractivity contribution in [1.29, 1.82) is 0 Å². The van der Waals surface area contributed by atoms with Gasteiger partial charge in [-0.15, -0.1) is 11.3 Å². The van der Waals surface area contributed by atoms with E-state index in [1.54, 1.807) is 23.5 Å². The van der Waals surface area contributed by atoms with E-state index in [9.17, 15) is 13.6 Å². The zero-order valence-corrected chi connectivity index (χ0v) is 13.3. The zero-order valence-electron chi connectivity index (χ0n) is 10.1. The summed E-state index contributed by atoms with van der Waals surface area (Å²) in [6.07, 6.45) is 0. The summed E-state index contributed by atoms with van der Waals surface area (Å²) in [5.74, 6) is -2.67. The van der Waals surface area contributed by atoms with Crippen LogP contribution in [0.25, 0.3) is 0 Å². The number of thiophene rings is 1. The highest BCUT2D eigenvalue weighted by molar-refractivity contribution is 9.10. The molecule has 7 heteroatoms. The smallest absolute Gasteiger partial charge is 0.288 e. The van der Waals surface area contributed by atoms with Crippen LogP contribution >= 0.6 is 39.0 Å². The maximum atomic E-state index is 12.2. The van der Waals surface area contributed by atoms with E-state index in [0.717, 1.165) is 9.35 Å². The molecular formula is C13H10BrF2NOS2. The van der Waals surface area contributed by atoms with Gasteiger partial charge in [0.2, 0.25) is 0 Å². The molecule has 1 heterocycles. The molecule has 106 valence electrons. The molecule has 2 aromatic rings. The highest BCUT2D eigenvalue weighted by atomic mass is 79.9. The van der Waals surface area contributed by atoms with Crippen molar-refractivity contribution in [1.82, 2.24) is 5.32 Å². The number of hydrogen-bond acceptors (Lipinski definition) is 3. The molecule has 0 saturated heterocycles. The topological polar surface area (TPSA) is 29.1 Å². The fraction of sp³-hybridized carbons (Fsp3) is 0.154. The van der Waals surface area contributed by atoms with Gasteiger partial charge in [-0.05, 0) is 46.3 Å². The third-order valence-corrected chi connectivity index (χ3v) is 4.81. The number of rotatable bonds is 5. The van der Waals surface area contributed by atoms with Crippen LogP contribution in [0.3, 0.4) is 0 Å². The number of thioether (sulfide) groups is 1. The van der Waals surface area contributed by atoms with E-state index in [-0.39, 0.29) is 5.91 Å².